The molecule has 0 saturated heterocycles. The number of rotatable bonds is 3. The zero-order valence-corrected chi connectivity index (χ0v) is 10.7. The van der Waals surface area contributed by atoms with Crippen LogP contribution in [0.15, 0.2) is 53.1 Å². The van der Waals surface area contributed by atoms with E-state index in [0.717, 1.165) is 16.5 Å². The average molecular weight is 276 g/mol. The zero-order chi connectivity index (χ0) is 13.2. The second-order valence-electron chi connectivity index (χ2n) is 4.24. The third-order valence-corrected chi connectivity index (χ3v) is 3.27. The molecule has 3 rings (SSSR count). The third kappa shape index (κ3) is 2.42. The van der Waals surface area contributed by atoms with Crippen LogP contribution in [0.5, 0.6) is 0 Å². The van der Waals surface area contributed by atoms with Gasteiger partial charge in [0.1, 0.15) is 11.4 Å². The molecule has 0 saturated carbocycles. The number of hydrogen-bond acceptors (Lipinski definition) is 2. The summed E-state index contributed by atoms with van der Waals surface area (Å²) in [4.78, 5) is 0. The highest BCUT2D eigenvalue weighted by Crippen LogP contribution is 2.23. The number of fused-ring (bicyclic) bond motifs is 1. The van der Waals surface area contributed by atoms with Gasteiger partial charge in [-0.1, -0.05) is 29.8 Å². The van der Waals surface area contributed by atoms with Crippen LogP contribution in [0, 0.1) is 5.82 Å². The SMILES string of the molecule is Fc1cc(NCc2coc3ccccc23)ccc1Cl. The molecule has 3 aromatic rings. The van der Waals surface area contributed by atoms with Gasteiger partial charge in [0, 0.05) is 23.2 Å². The second-order valence-corrected chi connectivity index (χ2v) is 4.65. The minimum absolute atomic E-state index is 0.124. The number of furan rings is 1. The molecule has 96 valence electrons. The highest BCUT2D eigenvalue weighted by molar-refractivity contribution is 6.30. The minimum atomic E-state index is -0.427. The van der Waals surface area contributed by atoms with Gasteiger partial charge in [-0.2, -0.15) is 0 Å². The first-order valence-electron chi connectivity index (χ1n) is 5.88. The Morgan fingerprint density at radius 1 is 1.16 bits per heavy atom. The summed E-state index contributed by atoms with van der Waals surface area (Å²) in [6.07, 6.45) is 1.71. The molecule has 1 aromatic heterocycles. The zero-order valence-electron chi connectivity index (χ0n) is 9.99. The lowest BCUT2D eigenvalue weighted by Crippen LogP contribution is -1.98. The minimum Gasteiger partial charge on any atom is -0.464 e. The first-order valence-corrected chi connectivity index (χ1v) is 6.26. The fourth-order valence-electron chi connectivity index (χ4n) is 1.97. The van der Waals surface area contributed by atoms with Crippen LogP contribution in [0.1, 0.15) is 5.56 Å². The number of hydrogen-bond donors (Lipinski definition) is 1. The van der Waals surface area contributed by atoms with E-state index < -0.39 is 5.82 Å². The topological polar surface area (TPSA) is 25.2 Å². The van der Waals surface area contributed by atoms with Gasteiger partial charge in [-0.05, 0) is 24.3 Å². The maximum atomic E-state index is 13.3. The van der Waals surface area contributed by atoms with Gasteiger partial charge in [0.25, 0.3) is 0 Å². The van der Waals surface area contributed by atoms with E-state index in [0.29, 0.717) is 12.2 Å². The van der Waals surface area contributed by atoms with Crippen molar-refractivity contribution in [1.82, 2.24) is 0 Å². The fraction of sp³-hybridized carbons (Fsp3) is 0.0667. The summed E-state index contributed by atoms with van der Waals surface area (Å²) in [5.41, 5.74) is 2.57. The van der Waals surface area contributed by atoms with E-state index in [1.807, 2.05) is 24.3 Å². The Balaban J connectivity index is 1.80. The summed E-state index contributed by atoms with van der Waals surface area (Å²) in [5.74, 6) is -0.427. The number of benzene rings is 2. The van der Waals surface area contributed by atoms with Crippen LogP contribution in [0.25, 0.3) is 11.0 Å². The van der Waals surface area contributed by atoms with Crippen molar-refractivity contribution in [3.05, 3.63) is 65.1 Å². The smallest absolute Gasteiger partial charge is 0.143 e. The number of halogens is 2. The summed E-state index contributed by atoms with van der Waals surface area (Å²) >= 11 is 5.64. The van der Waals surface area contributed by atoms with Crippen molar-refractivity contribution in [2.45, 2.75) is 6.54 Å². The Bertz CT molecular complexity index is 723. The van der Waals surface area contributed by atoms with Crippen LogP contribution < -0.4 is 5.32 Å². The van der Waals surface area contributed by atoms with Gasteiger partial charge in [0.05, 0.1) is 11.3 Å². The summed E-state index contributed by atoms with van der Waals surface area (Å²) in [6.45, 7) is 0.568. The predicted molar refractivity (Wildman–Crippen MR) is 75.0 cm³/mol. The Hall–Kier alpha value is -2.00. The van der Waals surface area contributed by atoms with E-state index in [4.69, 9.17) is 16.0 Å². The molecular formula is C15H11ClFNO. The lowest BCUT2D eigenvalue weighted by Gasteiger charge is -2.05. The van der Waals surface area contributed by atoms with Crippen molar-refractivity contribution in [2.24, 2.45) is 0 Å². The molecule has 0 aliphatic rings. The fourth-order valence-corrected chi connectivity index (χ4v) is 2.09. The summed E-state index contributed by atoms with van der Waals surface area (Å²) < 4.78 is 18.8. The Morgan fingerprint density at radius 2 is 2.00 bits per heavy atom. The van der Waals surface area contributed by atoms with Gasteiger partial charge in [-0.25, -0.2) is 4.39 Å². The van der Waals surface area contributed by atoms with Crippen molar-refractivity contribution >= 4 is 28.3 Å². The van der Waals surface area contributed by atoms with Crippen molar-refractivity contribution in [1.29, 1.82) is 0 Å². The molecule has 19 heavy (non-hydrogen) atoms. The monoisotopic (exact) mass is 275 g/mol. The molecule has 0 spiro atoms. The van der Waals surface area contributed by atoms with Crippen molar-refractivity contribution in [3.8, 4) is 0 Å². The first-order chi connectivity index (χ1) is 9.24. The summed E-state index contributed by atoms with van der Waals surface area (Å²) in [7, 11) is 0. The highest BCUT2D eigenvalue weighted by atomic mass is 35.5. The lowest BCUT2D eigenvalue weighted by molar-refractivity contribution is 0.611. The average Bonchev–Trinajstić information content (AvgIpc) is 2.83. The Morgan fingerprint density at radius 3 is 2.84 bits per heavy atom. The molecule has 0 radical (unpaired) electrons. The van der Waals surface area contributed by atoms with E-state index in [2.05, 4.69) is 5.32 Å². The van der Waals surface area contributed by atoms with Crippen LogP contribution in [0.4, 0.5) is 10.1 Å². The van der Waals surface area contributed by atoms with Gasteiger partial charge in [-0.3, -0.25) is 0 Å². The van der Waals surface area contributed by atoms with Crippen molar-refractivity contribution in [3.63, 3.8) is 0 Å². The van der Waals surface area contributed by atoms with Crippen LogP contribution in [0.2, 0.25) is 5.02 Å². The van der Waals surface area contributed by atoms with Gasteiger partial charge in [0.15, 0.2) is 0 Å². The molecule has 4 heteroatoms. The quantitative estimate of drug-likeness (QED) is 0.740. The van der Waals surface area contributed by atoms with Crippen molar-refractivity contribution < 1.29 is 8.81 Å². The molecule has 1 heterocycles. The molecule has 0 aliphatic carbocycles. The molecule has 0 aliphatic heterocycles. The van der Waals surface area contributed by atoms with Crippen LogP contribution in [-0.4, -0.2) is 0 Å². The number of nitrogens with one attached hydrogen (secondary N) is 1. The number of anilines is 1. The Labute approximate surface area is 114 Å². The largest absolute Gasteiger partial charge is 0.464 e. The van der Waals surface area contributed by atoms with Gasteiger partial charge < -0.3 is 9.73 Å². The molecule has 2 nitrogen and oxygen atoms in total. The molecule has 0 unspecified atom stereocenters. The maximum Gasteiger partial charge on any atom is 0.143 e. The summed E-state index contributed by atoms with van der Waals surface area (Å²) in [5, 5.41) is 4.33. The van der Waals surface area contributed by atoms with Gasteiger partial charge >= 0.3 is 0 Å². The summed E-state index contributed by atoms with van der Waals surface area (Å²) in [6, 6.07) is 12.5. The van der Waals surface area contributed by atoms with Gasteiger partial charge in [-0.15, -0.1) is 0 Å². The lowest BCUT2D eigenvalue weighted by atomic mass is 10.2. The normalized spacial score (nSPS) is 10.8. The van der Waals surface area contributed by atoms with E-state index in [1.54, 1.807) is 12.3 Å². The molecule has 0 fully saturated rings. The van der Waals surface area contributed by atoms with Crippen LogP contribution in [0.3, 0.4) is 0 Å². The second kappa shape index (κ2) is 4.94. The van der Waals surface area contributed by atoms with E-state index >= 15 is 0 Å². The molecule has 2 aromatic carbocycles. The molecule has 1 N–H and O–H groups in total. The van der Waals surface area contributed by atoms with Gasteiger partial charge in [0.2, 0.25) is 0 Å². The first kappa shape index (κ1) is 12.1. The molecule has 0 atom stereocenters. The maximum absolute atomic E-state index is 13.3. The standard InChI is InChI=1S/C15H11ClFNO/c16-13-6-5-11(7-14(13)17)18-8-10-9-19-15-4-2-1-3-12(10)15/h1-7,9,18H,8H2. The Kier molecular flexibility index (Phi) is 3.13. The molecule has 0 amide bonds. The third-order valence-electron chi connectivity index (χ3n) is 2.96. The molecular weight excluding hydrogens is 265 g/mol. The van der Waals surface area contributed by atoms with Crippen LogP contribution in [-0.2, 0) is 6.54 Å². The van der Waals surface area contributed by atoms with E-state index in [1.165, 1.54) is 12.1 Å². The predicted octanol–water partition coefficient (Wildman–Crippen LogP) is 4.84. The van der Waals surface area contributed by atoms with Crippen LogP contribution >= 0.6 is 11.6 Å². The highest BCUT2D eigenvalue weighted by Gasteiger charge is 2.05. The van der Waals surface area contributed by atoms with E-state index in [-0.39, 0.29) is 5.02 Å². The molecule has 0 bridgehead atoms. The van der Waals surface area contributed by atoms with Crippen molar-refractivity contribution in [2.75, 3.05) is 5.32 Å². The number of para-hydroxylation sites is 1. The van der Waals surface area contributed by atoms with E-state index in [9.17, 15) is 4.39 Å².